The molecule has 1 unspecified atom stereocenters. The molecule has 146 valence electrons. The third-order valence-corrected chi connectivity index (χ3v) is 5.57. The lowest BCUT2D eigenvalue weighted by molar-refractivity contribution is 0.138. The maximum atomic E-state index is 5.99. The van der Waals surface area contributed by atoms with E-state index in [9.17, 15) is 0 Å². The Labute approximate surface area is 174 Å². The summed E-state index contributed by atoms with van der Waals surface area (Å²) in [5.74, 6) is 1.88. The van der Waals surface area contributed by atoms with E-state index in [2.05, 4.69) is 27.8 Å². The van der Waals surface area contributed by atoms with Crippen LogP contribution in [0.25, 0.3) is 0 Å². The normalized spacial score (nSPS) is 20.8. The number of ether oxygens (including phenoxy) is 2. The number of benzene rings is 1. The Hall–Kier alpha value is -1.02. The number of hydrogen-bond donors (Lipinski definition) is 2. The molecule has 2 aliphatic rings. The molecule has 6 heteroatoms. The molecule has 1 aliphatic heterocycles. The molecule has 1 aliphatic carbocycles. The first kappa shape index (κ1) is 21.3. The fraction of sp³-hybridized carbons (Fsp3) is 0.650. The summed E-state index contributed by atoms with van der Waals surface area (Å²) < 4.78 is 11.3. The van der Waals surface area contributed by atoms with Gasteiger partial charge in [-0.1, -0.05) is 31.0 Å². The number of methoxy groups -OCH3 is 1. The highest BCUT2D eigenvalue weighted by Crippen LogP contribution is 2.40. The van der Waals surface area contributed by atoms with E-state index in [0.717, 1.165) is 44.2 Å². The molecule has 1 aromatic carbocycles. The third kappa shape index (κ3) is 5.49. The van der Waals surface area contributed by atoms with E-state index in [-0.39, 0.29) is 30.1 Å². The van der Waals surface area contributed by atoms with E-state index >= 15 is 0 Å². The number of guanidine groups is 1. The molecule has 1 heterocycles. The SMILES string of the molecule is CN=C(NCC1Cc2ccccc2O1)NCC1(CCOC)CCCC1.I. The fourth-order valence-electron chi connectivity index (χ4n) is 4.03. The van der Waals surface area contributed by atoms with Gasteiger partial charge >= 0.3 is 0 Å². The summed E-state index contributed by atoms with van der Waals surface area (Å²) in [7, 11) is 3.62. The first-order valence-electron chi connectivity index (χ1n) is 9.43. The first-order valence-corrected chi connectivity index (χ1v) is 9.43. The van der Waals surface area contributed by atoms with Crippen LogP contribution in [0.15, 0.2) is 29.3 Å². The third-order valence-electron chi connectivity index (χ3n) is 5.57. The van der Waals surface area contributed by atoms with Crippen molar-refractivity contribution in [3.05, 3.63) is 29.8 Å². The quantitative estimate of drug-likeness (QED) is 0.362. The highest BCUT2D eigenvalue weighted by Gasteiger charge is 2.33. The minimum atomic E-state index is 0. The van der Waals surface area contributed by atoms with Crippen molar-refractivity contribution >= 4 is 29.9 Å². The second kappa shape index (κ2) is 10.3. The maximum Gasteiger partial charge on any atom is 0.191 e. The van der Waals surface area contributed by atoms with Gasteiger partial charge < -0.3 is 20.1 Å². The van der Waals surface area contributed by atoms with Gasteiger partial charge in [0.25, 0.3) is 0 Å². The number of nitrogens with one attached hydrogen (secondary N) is 2. The first-order chi connectivity index (χ1) is 12.2. The molecule has 0 aromatic heterocycles. The highest BCUT2D eigenvalue weighted by molar-refractivity contribution is 14.0. The molecule has 3 rings (SSSR count). The lowest BCUT2D eigenvalue weighted by Gasteiger charge is -2.30. The largest absolute Gasteiger partial charge is 0.488 e. The summed E-state index contributed by atoms with van der Waals surface area (Å²) in [6.45, 7) is 2.56. The molecule has 2 N–H and O–H groups in total. The van der Waals surface area contributed by atoms with Gasteiger partial charge in [-0.2, -0.15) is 0 Å². The van der Waals surface area contributed by atoms with Gasteiger partial charge in [0.05, 0.1) is 6.54 Å². The zero-order chi connectivity index (χ0) is 17.5. The van der Waals surface area contributed by atoms with Crippen LogP contribution in [0.1, 0.15) is 37.7 Å². The van der Waals surface area contributed by atoms with Crippen LogP contribution in [-0.4, -0.2) is 45.9 Å². The van der Waals surface area contributed by atoms with Gasteiger partial charge in [-0.3, -0.25) is 4.99 Å². The minimum Gasteiger partial charge on any atom is -0.488 e. The monoisotopic (exact) mass is 473 g/mol. The van der Waals surface area contributed by atoms with Crippen molar-refractivity contribution in [2.75, 3.05) is 33.9 Å². The smallest absolute Gasteiger partial charge is 0.191 e. The molecule has 1 aromatic rings. The molecule has 0 amide bonds. The summed E-state index contributed by atoms with van der Waals surface area (Å²) in [6.07, 6.45) is 7.46. The van der Waals surface area contributed by atoms with Gasteiger partial charge in [-0.15, -0.1) is 24.0 Å². The fourth-order valence-corrected chi connectivity index (χ4v) is 4.03. The number of para-hydroxylation sites is 1. The lowest BCUT2D eigenvalue weighted by Crippen LogP contribution is -2.46. The van der Waals surface area contributed by atoms with E-state index in [1.165, 1.54) is 31.2 Å². The summed E-state index contributed by atoms with van der Waals surface area (Å²) in [6, 6.07) is 8.28. The summed E-state index contributed by atoms with van der Waals surface area (Å²) in [5, 5.41) is 6.96. The zero-order valence-electron chi connectivity index (χ0n) is 15.9. The van der Waals surface area contributed by atoms with Crippen LogP contribution in [0.3, 0.4) is 0 Å². The van der Waals surface area contributed by atoms with E-state index in [0.29, 0.717) is 5.41 Å². The van der Waals surface area contributed by atoms with Crippen LogP contribution in [0.2, 0.25) is 0 Å². The number of rotatable bonds is 7. The molecule has 1 atom stereocenters. The number of halogens is 1. The Morgan fingerprint density at radius 3 is 2.73 bits per heavy atom. The Morgan fingerprint density at radius 2 is 2.04 bits per heavy atom. The second-order valence-corrected chi connectivity index (χ2v) is 7.31. The van der Waals surface area contributed by atoms with Crippen molar-refractivity contribution in [2.24, 2.45) is 10.4 Å². The molecule has 1 saturated carbocycles. The van der Waals surface area contributed by atoms with Gasteiger partial charge in [0.2, 0.25) is 0 Å². The van der Waals surface area contributed by atoms with Crippen molar-refractivity contribution in [1.82, 2.24) is 10.6 Å². The predicted octanol–water partition coefficient (Wildman–Crippen LogP) is 3.37. The number of aliphatic imine (C=N–C) groups is 1. The Bertz CT molecular complexity index is 563. The second-order valence-electron chi connectivity index (χ2n) is 7.31. The summed E-state index contributed by atoms with van der Waals surface area (Å²) in [4.78, 5) is 4.38. The maximum absolute atomic E-state index is 5.99. The average Bonchev–Trinajstić information content (AvgIpc) is 3.27. The molecule has 1 fully saturated rings. The van der Waals surface area contributed by atoms with E-state index in [1.54, 1.807) is 7.11 Å². The van der Waals surface area contributed by atoms with Gasteiger partial charge in [0, 0.05) is 33.7 Å². The van der Waals surface area contributed by atoms with E-state index in [1.807, 2.05) is 19.2 Å². The van der Waals surface area contributed by atoms with Gasteiger partial charge in [-0.25, -0.2) is 0 Å². The summed E-state index contributed by atoms with van der Waals surface area (Å²) >= 11 is 0. The van der Waals surface area contributed by atoms with Gasteiger partial charge in [0.1, 0.15) is 11.9 Å². The number of fused-ring (bicyclic) bond motifs is 1. The topological polar surface area (TPSA) is 54.9 Å². The van der Waals surface area contributed by atoms with Crippen LogP contribution in [-0.2, 0) is 11.2 Å². The predicted molar refractivity (Wildman–Crippen MR) is 117 cm³/mol. The Balaban J connectivity index is 0.00000243. The average molecular weight is 473 g/mol. The molecule has 26 heavy (non-hydrogen) atoms. The Kier molecular flexibility index (Phi) is 8.47. The van der Waals surface area contributed by atoms with Crippen molar-refractivity contribution in [3.63, 3.8) is 0 Å². The van der Waals surface area contributed by atoms with Crippen molar-refractivity contribution < 1.29 is 9.47 Å². The van der Waals surface area contributed by atoms with Crippen LogP contribution in [0.4, 0.5) is 0 Å². The van der Waals surface area contributed by atoms with Gasteiger partial charge in [0.15, 0.2) is 5.96 Å². The van der Waals surface area contributed by atoms with Crippen molar-refractivity contribution in [1.29, 1.82) is 0 Å². The molecular formula is C20H32IN3O2. The minimum absolute atomic E-state index is 0. The highest BCUT2D eigenvalue weighted by atomic mass is 127. The lowest BCUT2D eigenvalue weighted by atomic mass is 9.83. The van der Waals surface area contributed by atoms with Crippen molar-refractivity contribution in [3.8, 4) is 5.75 Å². The summed E-state index contributed by atoms with van der Waals surface area (Å²) in [5.41, 5.74) is 1.65. The molecule has 5 nitrogen and oxygen atoms in total. The van der Waals surface area contributed by atoms with E-state index < -0.39 is 0 Å². The standard InChI is InChI=1S/C20H31N3O2.HI/c1-21-19(23-15-20(11-12-24-2)9-5-6-10-20)22-14-17-13-16-7-3-4-8-18(16)25-17;/h3-4,7-8,17H,5-6,9-15H2,1-2H3,(H2,21,22,23);1H. The molecule has 0 radical (unpaired) electrons. The number of nitrogens with zero attached hydrogens (tertiary/aromatic N) is 1. The van der Waals surface area contributed by atoms with Crippen molar-refractivity contribution in [2.45, 2.75) is 44.6 Å². The van der Waals surface area contributed by atoms with Crippen LogP contribution < -0.4 is 15.4 Å². The number of hydrogen-bond acceptors (Lipinski definition) is 3. The van der Waals surface area contributed by atoms with Crippen LogP contribution >= 0.6 is 24.0 Å². The van der Waals surface area contributed by atoms with Gasteiger partial charge in [-0.05, 0) is 36.3 Å². The van der Waals surface area contributed by atoms with Crippen LogP contribution in [0.5, 0.6) is 5.75 Å². The molecule has 0 spiro atoms. The molecular weight excluding hydrogens is 441 g/mol. The van der Waals surface area contributed by atoms with E-state index in [4.69, 9.17) is 9.47 Å². The zero-order valence-corrected chi connectivity index (χ0v) is 18.3. The molecule has 0 saturated heterocycles. The van der Waals surface area contributed by atoms with Crippen LogP contribution in [0, 0.1) is 5.41 Å². The Morgan fingerprint density at radius 1 is 1.27 bits per heavy atom. The molecule has 0 bridgehead atoms.